The van der Waals surface area contributed by atoms with Crippen molar-refractivity contribution in [1.82, 2.24) is 72.1 Å². The standard InChI is InChI=1S/C58H60N14O13S6/c1-26(2)42-58-72-45(37(91-58)21-85-5)51(83)61-20-39(74)69-46(47(79)28-12-8-6-9-13-28)57-68-36(25-89-57)55-65-33(22-87-55)44-29(53-66-34(23-86-53)50(82)64-32(18-38(73)59-4)56-71-43(27(3)90-56)52(84)70-42)15-16-30(62-44)54-67-35(24-88-54)49(81)63-31(19-41(77)78)48(80)60-17-11-7-10-14-40(75)76/h6,8-9,12-13,15-16,22-26,31-32,42,46-47,79H,7,10-11,14,17-21H2,1-5H3,(H,59,73)(H,60,80)(H,61,83)(H,63,81)(H,64,82)(H,69,74)(H,70,84)(H,75,76)(H,77,78)/t31-,32?,42?,46?,47?/m0/s1. The number of hydrogen-bond donors (Lipinski definition) is 10. The molecule has 5 atom stereocenters. The highest BCUT2D eigenvalue weighted by atomic mass is 32.1. The Morgan fingerprint density at radius 3 is 2.13 bits per heavy atom. The van der Waals surface area contributed by atoms with Gasteiger partial charge >= 0.3 is 11.9 Å². The summed E-state index contributed by atoms with van der Waals surface area (Å²) in [6.45, 7) is 4.96. The number of aliphatic carboxylic acids is 2. The van der Waals surface area contributed by atoms with Crippen LogP contribution in [0.15, 0.2) is 64.0 Å². The lowest BCUT2D eigenvalue weighted by atomic mass is 10.0. The van der Waals surface area contributed by atoms with Crippen LogP contribution in [0.2, 0.25) is 0 Å². The van der Waals surface area contributed by atoms with Crippen LogP contribution in [0.3, 0.4) is 0 Å². The van der Waals surface area contributed by atoms with Crippen molar-refractivity contribution in [1.29, 1.82) is 0 Å². The Bertz CT molecular complexity index is 4010. The fraction of sp³-hybridized carbons (Fsp3) is 0.345. The molecule has 27 nitrogen and oxygen atoms in total. The first-order chi connectivity index (χ1) is 43.7. The Morgan fingerprint density at radius 1 is 0.681 bits per heavy atom. The number of ether oxygens (including phenoxy) is 1. The van der Waals surface area contributed by atoms with Gasteiger partial charge in [0, 0.05) is 59.1 Å². The molecule has 0 spiro atoms. The zero-order valence-electron chi connectivity index (χ0n) is 49.2. The van der Waals surface area contributed by atoms with Crippen LogP contribution >= 0.6 is 68.0 Å². The van der Waals surface area contributed by atoms with E-state index in [0.717, 1.165) is 56.7 Å². The van der Waals surface area contributed by atoms with Crippen molar-refractivity contribution in [3.05, 3.63) is 117 Å². The number of carbonyl (C=O) groups excluding carboxylic acids is 7. The van der Waals surface area contributed by atoms with E-state index in [2.05, 4.69) is 52.2 Å². The average Bonchev–Trinajstić information content (AvgIpc) is 1.96. The summed E-state index contributed by atoms with van der Waals surface area (Å²) in [7, 11) is 2.90. The molecule has 9 rings (SSSR count). The van der Waals surface area contributed by atoms with Crippen molar-refractivity contribution < 1.29 is 63.2 Å². The van der Waals surface area contributed by atoms with E-state index in [0.29, 0.717) is 71.6 Å². The zero-order valence-corrected chi connectivity index (χ0v) is 54.1. The Balaban J connectivity index is 1.08. The molecule has 10 bridgehead atoms. The van der Waals surface area contributed by atoms with Crippen molar-refractivity contribution in [2.75, 3.05) is 27.2 Å². The van der Waals surface area contributed by atoms with Gasteiger partial charge in [0.2, 0.25) is 17.7 Å². The number of thiazole rings is 6. The number of carbonyl (C=O) groups is 9. The smallest absolute Gasteiger partial charge is 0.305 e. The highest BCUT2D eigenvalue weighted by Crippen LogP contribution is 2.40. The molecule has 10 N–H and O–H groups in total. The normalized spacial score (nSPS) is 16.1. The maximum atomic E-state index is 14.4. The molecule has 33 heteroatoms. The number of nitrogens with one attached hydrogen (secondary N) is 7. The minimum atomic E-state index is -1.47. The molecule has 8 heterocycles. The molecule has 0 saturated carbocycles. The predicted octanol–water partition coefficient (Wildman–Crippen LogP) is 6.65. The first kappa shape index (κ1) is 66.7. The van der Waals surface area contributed by atoms with Crippen LogP contribution < -0.4 is 37.2 Å². The molecule has 476 valence electrons. The van der Waals surface area contributed by atoms with Crippen molar-refractivity contribution in [3.63, 3.8) is 0 Å². The van der Waals surface area contributed by atoms with E-state index >= 15 is 0 Å². The number of fused-ring (bicyclic) bond motifs is 14. The second kappa shape index (κ2) is 30.4. The monoisotopic (exact) mass is 1350 g/mol. The molecule has 4 unspecified atom stereocenters. The van der Waals surface area contributed by atoms with Crippen LogP contribution in [0.5, 0.6) is 0 Å². The Kier molecular flexibility index (Phi) is 22.3. The number of rotatable bonds is 19. The summed E-state index contributed by atoms with van der Waals surface area (Å²) in [5.41, 5.74) is 1.88. The molecule has 7 aromatic heterocycles. The highest BCUT2D eigenvalue weighted by Gasteiger charge is 2.33. The fourth-order valence-electron chi connectivity index (χ4n) is 9.22. The molecule has 1 aromatic carbocycles. The van der Waals surface area contributed by atoms with Gasteiger partial charge in [0.15, 0.2) is 0 Å². The van der Waals surface area contributed by atoms with Crippen molar-refractivity contribution >= 4 is 121 Å². The summed E-state index contributed by atoms with van der Waals surface area (Å²) in [5, 5.41) is 57.8. The van der Waals surface area contributed by atoms with Gasteiger partial charge in [0.05, 0.1) is 48.6 Å². The van der Waals surface area contributed by atoms with Gasteiger partial charge < -0.3 is 57.3 Å². The predicted molar refractivity (Wildman–Crippen MR) is 340 cm³/mol. The second-order valence-corrected chi connectivity index (χ2v) is 26.6. The molecule has 0 radical (unpaired) electrons. The number of aliphatic hydroxyl groups is 1. The van der Waals surface area contributed by atoms with Gasteiger partial charge in [-0.05, 0) is 43.4 Å². The molecule has 0 aliphatic carbocycles. The Labute approximate surface area is 543 Å². The number of hydrogen-bond acceptors (Lipinski definition) is 24. The zero-order chi connectivity index (χ0) is 65.0. The molecular weight excluding hydrogens is 1290 g/mol. The lowest BCUT2D eigenvalue weighted by molar-refractivity contribution is -0.139. The lowest BCUT2D eigenvalue weighted by Gasteiger charge is -2.23. The number of carboxylic acid groups (broad SMARTS) is 2. The van der Waals surface area contributed by atoms with E-state index in [4.69, 9.17) is 29.8 Å². The molecule has 0 fully saturated rings. The second-order valence-electron chi connectivity index (χ2n) is 20.8. The Morgan fingerprint density at radius 2 is 1.40 bits per heavy atom. The molecule has 7 amide bonds. The molecule has 91 heavy (non-hydrogen) atoms. The Hall–Kier alpha value is -8.70. The van der Waals surface area contributed by atoms with E-state index in [1.807, 2.05) is 13.8 Å². The summed E-state index contributed by atoms with van der Waals surface area (Å²) in [6.07, 6.45) is -1.03. The van der Waals surface area contributed by atoms with Gasteiger partial charge in [0.1, 0.15) is 88.1 Å². The summed E-state index contributed by atoms with van der Waals surface area (Å²) in [6, 6.07) is 7.55. The van der Waals surface area contributed by atoms with Gasteiger partial charge in [-0.25, -0.2) is 34.9 Å². The topological polar surface area (TPSA) is 398 Å². The summed E-state index contributed by atoms with van der Waals surface area (Å²) in [5.74, 6) is -7.22. The van der Waals surface area contributed by atoms with Crippen LogP contribution in [0, 0.1) is 12.8 Å². The molecule has 8 aromatic rings. The van der Waals surface area contributed by atoms with Crippen LogP contribution in [0.4, 0.5) is 0 Å². The number of aliphatic hydroxyl groups excluding tert-OH is 1. The van der Waals surface area contributed by atoms with Crippen molar-refractivity contribution in [3.8, 4) is 43.4 Å². The van der Waals surface area contributed by atoms with Gasteiger partial charge in [-0.15, -0.1) is 68.0 Å². The molecule has 1 aliphatic heterocycles. The van der Waals surface area contributed by atoms with Crippen molar-refractivity contribution in [2.24, 2.45) is 5.92 Å². The quantitative estimate of drug-likeness (QED) is 0.0379. The van der Waals surface area contributed by atoms with E-state index in [-0.39, 0.29) is 76.1 Å². The first-order valence-electron chi connectivity index (χ1n) is 28.1. The molecular formula is C58H60N14O13S6. The molecule has 0 saturated heterocycles. The van der Waals surface area contributed by atoms with Crippen LogP contribution in [-0.4, -0.2) is 137 Å². The highest BCUT2D eigenvalue weighted by molar-refractivity contribution is 7.15. The van der Waals surface area contributed by atoms with E-state index in [1.165, 1.54) is 36.3 Å². The number of carboxylic acids is 2. The number of pyridine rings is 1. The maximum absolute atomic E-state index is 14.4. The number of methoxy groups -OCH3 is 1. The van der Waals surface area contributed by atoms with Crippen LogP contribution in [-0.2, 0) is 35.3 Å². The minimum absolute atomic E-state index is 0.0214. The maximum Gasteiger partial charge on any atom is 0.305 e. The lowest BCUT2D eigenvalue weighted by Crippen LogP contribution is -2.48. The fourth-order valence-corrected chi connectivity index (χ4v) is 14.8. The van der Waals surface area contributed by atoms with Gasteiger partial charge in [-0.3, -0.25) is 43.2 Å². The van der Waals surface area contributed by atoms with Crippen molar-refractivity contribution in [2.45, 2.75) is 96.2 Å². The van der Waals surface area contributed by atoms with E-state index in [1.54, 1.807) is 60.1 Å². The van der Waals surface area contributed by atoms with Gasteiger partial charge in [-0.1, -0.05) is 50.6 Å². The third kappa shape index (κ3) is 16.6. The number of unbranched alkanes of at least 4 members (excludes halogenated alkanes) is 2. The van der Waals surface area contributed by atoms with E-state index in [9.17, 15) is 53.4 Å². The number of aryl methyl sites for hydroxylation is 1. The largest absolute Gasteiger partial charge is 0.481 e. The van der Waals surface area contributed by atoms with Crippen LogP contribution in [0.1, 0.15) is 149 Å². The van der Waals surface area contributed by atoms with Crippen LogP contribution in [0.25, 0.3) is 43.4 Å². The summed E-state index contributed by atoms with van der Waals surface area (Å²) in [4.78, 5) is 154. The third-order valence-corrected chi connectivity index (χ3v) is 19.6. The average molecular weight is 1350 g/mol. The summed E-state index contributed by atoms with van der Waals surface area (Å²) >= 11 is 6.75. The third-order valence-electron chi connectivity index (χ3n) is 13.8. The molecule has 1 aliphatic rings. The summed E-state index contributed by atoms with van der Waals surface area (Å²) < 4.78 is 5.44. The number of benzene rings is 1. The number of nitrogens with zero attached hydrogens (tertiary/aromatic N) is 7. The number of amides is 7. The van der Waals surface area contributed by atoms with E-state index < -0.39 is 96.5 Å². The van der Waals surface area contributed by atoms with Gasteiger partial charge in [-0.2, -0.15) is 0 Å². The minimum Gasteiger partial charge on any atom is -0.481 e. The number of aromatic nitrogens is 7. The van der Waals surface area contributed by atoms with Gasteiger partial charge in [0.25, 0.3) is 23.6 Å². The SMILES string of the molecule is CNC(=O)CC1NC(=O)c2csc(n2)-c2ccc(-c3nc(C(=O)N[C@@H](CC(=O)O)C(=O)NCCCCCC(=O)O)cs3)nc2-c2csc(n2)-c2csc(n2)C(C(O)c2ccccc2)NC(=O)CNC(=O)c2nc(sc2COC)C(C(C)C)NC(=O)c2nc1sc2C. The first-order valence-corrected chi connectivity index (χ1v) is 33.3.